The molecule has 0 saturated heterocycles. The van der Waals surface area contributed by atoms with Crippen LogP contribution < -0.4 is 4.90 Å². The molecule has 2 aromatic heterocycles. The van der Waals surface area contributed by atoms with Gasteiger partial charge in [-0.05, 0) is 26.8 Å². The standard InChI is InChI=1S/C14H20N4OS2/c1-6-18-9(2)7-11(10(18)3)12(19)8-20-14-16-15-13(21-14)17(4)5/h7H,6,8H2,1-5H3. The number of carbonyl (C=O) groups excluding carboxylic acids is 1. The Morgan fingerprint density at radius 1 is 1.38 bits per heavy atom. The number of anilines is 1. The quantitative estimate of drug-likeness (QED) is 0.604. The molecule has 0 radical (unpaired) electrons. The number of hydrogen-bond acceptors (Lipinski definition) is 6. The molecule has 0 spiro atoms. The summed E-state index contributed by atoms with van der Waals surface area (Å²) in [7, 11) is 3.86. The number of Topliss-reactive ketones (excluding diaryl/α,β-unsaturated/α-hetero) is 1. The van der Waals surface area contributed by atoms with Crippen molar-refractivity contribution in [2.24, 2.45) is 0 Å². The van der Waals surface area contributed by atoms with E-state index >= 15 is 0 Å². The highest BCUT2D eigenvalue weighted by molar-refractivity contribution is 8.01. The summed E-state index contributed by atoms with van der Waals surface area (Å²) < 4.78 is 2.99. The molecule has 5 nitrogen and oxygen atoms in total. The summed E-state index contributed by atoms with van der Waals surface area (Å²) in [5.41, 5.74) is 3.00. The molecule has 0 aromatic carbocycles. The van der Waals surface area contributed by atoms with Gasteiger partial charge in [-0.3, -0.25) is 4.79 Å². The van der Waals surface area contributed by atoms with Gasteiger partial charge in [0.1, 0.15) is 0 Å². The van der Waals surface area contributed by atoms with Crippen LogP contribution in [0.4, 0.5) is 5.13 Å². The predicted molar refractivity (Wildman–Crippen MR) is 88.9 cm³/mol. The molecule has 2 heterocycles. The number of rotatable bonds is 6. The zero-order chi connectivity index (χ0) is 15.6. The molecule has 0 aliphatic heterocycles. The lowest BCUT2D eigenvalue weighted by Gasteiger charge is -2.05. The fourth-order valence-corrected chi connectivity index (χ4v) is 3.86. The Bertz CT molecular complexity index is 645. The molecule has 7 heteroatoms. The van der Waals surface area contributed by atoms with Gasteiger partial charge in [-0.25, -0.2) is 0 Å². The summed E-state index contributed by atoms with van der Waals surface area (Å²) in [5.74, 6) is 0.546. The van der Waals surface area contributed by atoms with E-state index in [0.717, 1.165) is 33.0 Å². The number of hydrogen-bond donors (Lipinski definition) is 0. The van der Waals surface area contributed by atoms with Crippen molar-refractivity contribution < 1.29 is 4.79 Å². The molecule has 2 rings (SSSR count). The van der Waals surface area contributed by atoms with Gasteiger partial charge in [-0.2, -0.15) is 0 Å². The first-order valence-corrected chi connectivity index (χ1v) is 8.57. The minimum Gasteiger partial charge on any atom is -0.353 e. The third kappa shape index (κ3) is 3.47. The third-order valence-electron chi connectivity index (χ3n) is 3.30. The second-order valence-electron chi connectivity index (χ2n) is 4.99. The van der Waals surface area contributed by atoms with Gasteiger partial charge in [0.2, 0.25) is 5.13 Å². The maximum Gasteiger partial charge on any atom is 0.208 e. The van der Waals surface area contributed by atoms with E-state index in [0.29, 0.717) is 5.75 Å². The molecule has 0 bridgehead atoms. The summed E-state index contributed by atoms with van der Waals surface area (Å²) >= 11 is 2.96. The van der Waals surface area contributed by atoms with Crippen molar-refractivity contribution in [3.05, 3.63) is 23.0 Å². The first-order chi connectivity index (χ1) is 9.93. The monoisotopic (exact) mass is 324 g/mol. The molecule has 0 aliphatic carbocycles. The maximum absolute atomic E-state index is 12.4. The van der Waals surface area contributed by atoms with Crippen LogP contribution in [0.15, 0.2) is 10.4 Å². The lowest BCUT2D eigenvalue weighted by molar-refractivity contribution is 0.102. The third-order valence-corrected chi connectivity index (χ3v) is 5.52. The van der Waals surface area contributed by atoms with Gasteiger partial charge >= 0.3 is 0 Å². The minimum atomic E-state index is 0.148. The largest absolute Gasteiger partial charge is 0.353 e. The Balaban J connectivity index is 2.04. The fourth-order valence-electron chi connectivity index (χ4n) is 2.22. The van der Waals surface area contributed by atoms with Gasteiger partial charge in [0, 0.05) is 37.6 Å². The molecule has 0 aliphatic rings. The second kappa shape index (κ2) is 6.62. The molecule has 2 aromatic rings. The average Bonchev–Trinajstić information content (AvgIpc) is 3.01. The van der Waals surface area contributed by atoms with Crippen LogP contribution >= 0.6 is 23.1 Å². The summed E-state index contributed by atoms with van der Waals surface area (Å²) in [4.78, 5) is 14.3. The second-order valence-corrected chi connectivity index (χ2v) is 7.16. The van der Waals surface area contributed by atoms with E-state index in [9.17, 15) is 4.79 Å². The fraction of sp³-hybridized carbons (Fsp3) is 0.500. The number of aromatic nitrogens is 3. The number of ketones is 1. The van der Waals surface area contributed by atoms with E-state index in [2.05, 4.69) is 21.7 Å². The summed E-state index contributed by atoms with van der Waals surface area (Å²) in [6, 6.07) is 1.98. The molecular formula is C14H20N4OS2. The van der Waals surface area contributed by atoms with Crippen molar-refractivity contribution in [1.29, 1.82) is 0 Å². The minimum absolute atomic E-state index is 0.148. The van der Waals surface area contributed by atoms with Gasteiger partial charge in [0.15, 0.2) is 10.1 Å². The van der Waals surface area contributed by atoms with Crippen molar-refractivity contribution in [2.45, 2.75) is 31.7 Å². The van der Waals surface area contributed by atoms with Gasteiger partial charge < -0.3 is 9.47 Å². The molecule has 114 valence electrons. The Kier molecular flexibility index (Phi) is 5.05. The van der Waals surface area contributed by atoms with Crippen molar-refractivity contribution in [2.75, 3.05) is 24.7 Å². The first kappa shape index (κ1) is 16.0. The Morgan fingerprint density at radius 2 is 2.10 bits per heavy atom. The normalized spacial score (nSPS) is 10.9. The summed E-state index contributed by atoms with van der Waals surface area (Å²) in [6.45, 7) is 7.02. The van der Waals surface area contributed by atoms with E-state index in [1.54, 1.807) is 0 Å². The highest BCUT2D eigenvalue weighted by Crippen LogP contribution is 2.28. The molecule has 0 N–H and O–H groups in total. The predicted octanol–water partition coefficient (Wildman–Crippen LogP) is 3.02. The highest BCUT2D eigenvalue weighted by Gasteiger charge is 2.16. The molecule has 0 saturated carbocycles. The van der Waals surface area contributed by atoms with Gasteiger partial charge in [0.05, 0.1) is 5.75 Å². The molecule has 21 heavy (non-hydrogen) atoms. The van der Waals surface area contributed by atoms with Gasteiger partial charge in [-0.1, -0.05) is 23.1 Å². The van der Waals surface area contributed by atoms with E-state index in [1.165, 1.54) is 23.1 Å². The molecule has 0 fully saturated rings. The first-order valence-electron chi connectivity index (χ1n) is 6.77. The van der Waals surface area contributed by atoms with Gasteiger partial charge in [0.25, 0.3) is 0 Å². The zero-order valence-electron chi connectivity index (χ0n) is 13.0. The molecular weight excluding hydrogens is 304 g/mol. The van der Waals surface area contributed by atoms with Crippen LogP contribution in [0.5, 0.6) is 0 Å². The van der Waals surface area contributed by atoms with Crippen LogP contribution in [0.2, 0.25) is 0 Å². The van der Waals surface area contributed by atoms with Crippen molar-refractivity contribution in [3.63, 3.8) is 0 Å². The van der Waals surface area contributed by atoms with E-state index in [-0.39, 0.29) is 5.78 Å². The zero-order valence-corrected chi connectivity index (χ0v) is 14.6. The molecule has 0 amide bonds. The molecule has 0 unspecified atom stereocenters. The van der Waals surface area contributed by atoms with E-state index in [1.807, 2.05) is 38.9 Å². The lowest BCUT2D eigenvalue weighted by atomic mass is 10.2. The Morgan fingerprint density at radius 3 is 2.62 bits per heavy atom. The molecule has 0 atom stereocenters. The van der Waals surface area contributed by atoms with E-state index in [4.69, 9.17) is 0 Å². The SMILES string of the molecule is CCn1c(C)cc(C(=O)CSc2nnc(N(C)C)s2)c1C. The summed E-state index contributed by atoms with van der Waals surface area (Å²) in [6.07, 6.45) is 0. The van der Waals surface area contributed by atoms with Crippen LogP contribution in [0.1, 0.15) is 28.7 Å². The van der Waals surface area contributed by atoms with Crippen LogP contribution in [-0.4, -0.2) is 40.4 Å². The maximum atomic E-state index is 12.4. The number of nitrogens with zero attached hydrogens (tertiary/aromatic N) is 4. The Hall–Kier alpha value is -1.34. The van der Waals surface area contributed by atoms with Crippen LogP contribution in [-0.2, 0) is 6.54 Å². The van der Waals surface area contributed by atoms with Crippen LogP contribution in [0, 0.1) is 13.8 Å². The smallest absolute Gasteiger partial charge is 0.208 e. The highest BCUT2D eigenvalue weighted by atomic mass is 32.2. The van der Waals surface area contributed by atoms with E-state index < -0.39 is 0 Å². The number of thioether (sulfide) groups is 1. The Labute approximate surface area is 133 Å². The van der Waals surface area contributed by atoms with Crippen LogP contribution in [0.25, 0.3) is 0 Å². The number of carbonyl (C=O) groups is 1. The van der Waals surface area contributed by atoms with Crippen molar-refractivity contribution >= 4 is 34.0 Å². The summed E-state index contributed by atoms with van der Waals surface area (Å²) in [5, 5.41) is 9.03. The van der Waals surface area contributed by atoms with Crippen molar-refractivity contribution in [1.82, 2.24) is 14.8 Å². The lowest BCUT2D eigenvalue weighted by Crippen LogP contribution is -2.07. The topological polar surface area (TPSA) is 51.0 Å². The average molecular weight is 324 g/mol. The number of aryl methyl sites for hydroxylation is 1. The van der Waals surface area contributed by atoms with Crippen LogP contribution in [0.3, 0.4) is 0 Å². The van der Waals surface area contributed by atoms with Crippen molar-refractivity contribution in [3.8, 4) is 0 Å². The van der Waals surface area contributed by atoms with Gasteiger partial charge in [-0.15, -0.1) is 10.2 Å².